The van der Waals surface area contributed by atoms with Gasteiger partial charge in [0.05, 0.1) is 6.10 Å². The molecule has 0 aromatic rings. The van der Waals surface area contributed by atoms with E-state index < -0.39 is 0 Å². The lowest BCUT2D eigenvalue weighted by Gasteiger charge is -2.31. The molecule has 0 saturated carbocycles. The van der Waals surface area contributed by atoms with Crippen LogP contribution in [0.4, 0.5) is 0 Å². The molecule has 0 aromatic carbocycles. The van der Waals surface area contributed by atoms with E-state index in [9.17, 15) is 5.11 Å². The molecule has 1 fully saturated rings. The van der Waals surface area contributed by atoms with E-state index in [-0.39, 0.29) is 6.10 Å². The number of hydrogen-bond acceptors (Lipinski definition) is 4. The lowest BCUT2D eigenvalue weighted by Crippen LogP contribution is -2.45. The fourth-order valence-electron chi connectivity index (χ4n) is 2.70. The summed E-state index contributed by atoms with van der Waals surface area (Å²) >= 11 is 0. The zero-order valence-electron chi connectivity index (χ0n) is 12.4. The highest BCUT2D eigenvalue weighted by Crippen LogP contribution is 2.12. The quantitative estimate of drug-likeness (QED) is 0.661. The first-order valence-electron chi connectivity index (χ1n) is 7.48. The van der Waals surface area contributed by atoms with Gasteiger partial charge in [-0.2, -0.15) is 0 Å². The first-order valence-corrected chi connectivity index (χ1v) is 7.48. The van der Waals surface area contributed by atoms with E-state index in [0.717, 1.165) is 39.1 Å². The maximum atomic E-state index is 10.1. The Balaban J connectivity index is 2.37. The first-order chi connectivity index (χ1) is 8.67. The van der Waals surface area contributed by atoms with Gasteiger partial charge in [0, 0.05) is 25.7 Å². The standard InChI is InChI=1S/C14H31N3O/c1-4-7-15-10-14(18)12-17-9-6-8-16(3)11-13(17)5-2/h13-15,18H,4-12H2,1-3H3. The number of rotatable bonds is 7. The van der Waals surface area contributed by atoms with Crippen LogP contribution < -0.4 is 5.32 Å². The maximum Gasteiger partial charge on any atom is 0.0791 e. The van der Waals surface area contributed by atoms with Crippen LogP contribution in [-0.2, 0) is 0 Å². The largest absolute Gasteiger partial charge is 0.390 e. The van der Waals surface area contributed by atoms with Gasteiger partial charge >= 0.3 is 0 Å². The van der Waals surface area contributed by atoms with Gasteiger partial charge in [-0.25, -0.2) is 0 Å². The molecule has 2 unspecified atom stereocenters. The van der Waals surface area contributed by atoms with Crippen LogP contribution in [0.15, 0.2) is 0 Å². The topological polar surface area (TPSA) is 38.7 Å². The number of nitrogens with zero attached hydrogens (tertiary/aromatic N) is 2. The van der Waals surface area contributed by atoms with Crippen molar-refractivity contribution in [3.63, 3.8) is 0 Å². The van der Waals surface area contributed by atoms with Crippen LogP contribution in [0, 0.1) is 0 Å². The van der Waals surface area contributed by atoms with E-state index in [2.05, 4.69) is 36.0 Å². The molecule has 0 spiro atoms. The lowest BCUT2D eigenvalue weighted by molar-refractivity contribution is 0.0850. The molecule has 1 rings (SSSR count). The van der Waals surface area contributed by atoms with Crippen molar-refractivity contribution in [3.05, 3.63) is 0 Å². The molecule has 0 aromatic heterocycles. The summed E-state index contributed by atoms with van der Waals surface area (Å²) in [4.78, 5) is 4.89. The molecule has 2 atom stereocenters. The number of β-amino-alcohol motifs (C(OH)–C–C–N with tert-alkyl or cyclic N) is 1. The Labute approximate surface area is 112 Å². The van der Waals surface area contributed by atoms with Crippen LogP contribution in [0.5, 0.6) is 0 Å². The number of nitrogens with one attached hydrogen (secondary N) is 1. The van der Waals surface area contributed by atoms with Gasteiger partial charge in [0.15, 0.2) is 0 Å². The molecular weight excluding hydrogens is 226 g/mol. The minimum Gasteiger partial charge on any atom is -0.390 e. The van der Waals surface area contributed by atoms with E-state index >= 15 is 0 Å². The monoisotopic (exact) mass is 257 g/mol. The molecule has 1 heterocycles. The molecular formula is C14H31N3O. The van der Waals surface area contributed by atoms with Crippen LogP contribution in [0.25, 0.3) is 0 Å². The molecule has 18 heavy (non-hydrogen) atoms. The summed E-state index contributed by atoms with van der Waals surface area (Å²) < 4.78 is 0. The third kappa shape index (κ3) is 5.65. The average Bonchev–Trinajstić information content (AvgIpc) is 2.51. The summed E-state index contributed by atoms with van der Waals surface area (Å²) in [5, 5.41) is 13.4. The summed E-state index contributed by atoms with van der Waals surface area (Å²) in [5.41, 5.74) is 0. The van der Waals surface area contributed by atoms with Gasteiger partial charge in [-0.1, -0.05) is 13.8 Å². The second kappa shape index (κ2) is 8.86. The molecule has 0 aliphatic carbocycles. The SMILES string of the molecule is CCCNCC(O)CN1CCCN(C)CC1CC. The maximum absolute atomic E-state index is 10.1. The Morgan fingerprint density at radius 2 is 2.11 bits per heavy atom. The highest BCUT2D eigenvalue weighted by molar-refractivity contribution is 4.80. The van der Waals surface area contributed by atoms with Crippen molar-refractivity contribution in [2.75, 3.05) is 46.3 Å². The van der Waals surface area contributed by atoms with Crippen molar-refractivity contribution in [1.29, 1.82) is 0 Å². The van der Waals surface area contributed by atoms with Gasteiger partial charge in [0.25, 0.3) is 0 Å². The fraction of sp³-hybridized carbons (Fsp3) is 1.00. The van der Waals surface area contributed by atoms with Crippen molar-refractivity contribution in [2.45, 2.75) is 45.3 Å². The summed E-state index contributed by atoms with van der Waals surface area (Å²) in [6.07, 6.45) is 3.26. The first kappa shape index (κ1) is 15.9. The third-order valence-electron chi connectivity index (χ3n) is 3.75. The van der Waals surface area contributed by atoms with Gasteiger partial charge in [-0.05, 0) is 45.9 Å². The summed E-state index contributed by atoms with van der Waals surface area (Å²) in [5.74, 6) is 0. The van der Waals surface area contributed by atoms with Crippen LogP contribution in [0.3, 0.4) is 0 Å². The van der Waals surface area contributed by atoms with Crippen LogP contribution in [0.2, 0.25) is 0 Å². The number of likely N-dealkylation sites (N-methyl/N-ethyl adjacent to an activating group) is 1. The second-order valence-electron chi connectivity index (χ2n) is 5.53. The highest BCUT2D eigenvalue weighted by Gasteiger charge is 2.23. The van der Waals surface area contributed by atoms with Crippen molar-refractivity contribution in [2.24, 2.45) is 0 Å². The van der Waals surface area contributed by atoms with Crippen molar-refractivity contribution >= 4 is 0 Å². The Kier molecular flexibility index (Phi) is 7.82. The van der Waals surface area contributed by atoms with Crippen LogP contribution >= 0.6 is 0 Å². The summed E-state index contributed by atoms with van der Waals surface area (Å²) in [6.45, 7) is 10.4. The van der Waals surface area contributed by atoms with E-state index in [1.165, 1.54) is 19.4 Å². The van der Waals surface area contributed by atoms with Crippen LogP contribution in [0.1, 0.15) is 33.1 Å². The van der Waals surface area contributed by atoms with Gasteiger partial charge in [-0.15, -0.1) is 0 Å². The summed E-state index contributed by atoms with van der Waals surface area (Å²) in [7, 11) is 2.20. The van der Waals surface area contributed by atoms with Crippen molar-refractivity contribution < 1.29 is 5.11 Å². The number of aliphatic hydroxyl groups is 1. The van der Waals surface area contributed by atoms with Crippen molar-refractivity contribution in [1.82, 2.24) is 15.1 Å². The Morgan fingerprint density at radius 1 is 1.33 bits per heavy atom. The Morgan fingerprint density at radius 3 is 2.78 bits per heavy atom. The Hall–Kier alpha value is -0.160. The lowest BCUT2D eigenvalue weighted by atomic mass is 10.1. The Bertz CT molecular complexity index is 213. The predicted octanol–water partition coefficient (Wildman–Crippen LogP) is 0.763. The van der Waals surface area contributed by atoms with Gasteiger partial charge in [-0.3, -0.25) is 4.90 Å². The molecule has 4 heteroatoms. The second-order valence-corrected chi connectivity index (χ2v) is 5.53. The molecule has 1 saturated heterocycles. The van der Waals surface area contributed by atoms with Crippen LogP contribution in [-0.4, -0.2) is 73.4 Å². The average molecular weight is 257 g/mol. The molecule has 2 N–H and O–H groups in total. The molecule has 1 aliphatic heterocycles. The normalized spacial score (nSPS) is 25.0. The smallest absolute Gasteiger partial charge is 0.0791 e. The molecule has 0 amide bonds. The molecule has 1 aliphatic rings. The molecule has 108 valence electrons. The molecule has 0 radical (unpaired) electrons. The van der Waals surface area contributed by atoms with Crippen molar-refractivity contribution in [3.8, 4) is 0 Å². The molecule has 4 nitrogen and oxygen atoms in total. The van der Waals surface area contributed by atoms with Gasteiger partial charge in [0.2, 0.25) is 0 Å². The van der Waals surface area contributed by atoms with Gasteiger partial charge < -0.3 is 15.3 Å². The molecule has 0 bridgehead atoms. The number of aliphatic hydroxyl groups excluding tert-OH is 1. The zero-order valence-corrected chi connectivity index (χ0v) is 12.4. The van der Waals surface area contributed by atoms with E-state index in [1.807, 2.05) is 0 Å². The van der Waals surface area contributed by atoms with Gasteiger partial charge in [0.1, 0.15) is 0 Å². The third-order valence-corrected chi connectivity index (χ3v) is 3.75. The highest BCUT2D eigenvalue weighted by atomic mass is 16.3. The minimum atomic E-state index is -0.242. The summed E-state index contributed by atoms with van der Waals surface area (Å²) in [6, 6.07) is 0.596. The van der Waals surface area contributed by atoms with E-state index in [4.69, 9.17) is 0 Å². The number of hydrogen-bond donors (Lipinski definition) is 2. The minimum absolute atomic E-state index is 0.242. The van der Waals surface area contributed by atoms with E-state index in [1.54, 1.807) is 0 Å². The predicted molar refractivity (Wildman–Crippen MR) is 76.9 cm³/mol. The van der Waals surface area contributed by atoms with E-state index in [0.29, 0.717) is 6.04 Å². The zero-order chi connectivity index (χ0) is 13.4. The fourth-order valence-corrected chi connectivity index (χ4v) is 2.70.